The molecule has 0 aliphatic carbocycles. The number of nitrogens with zero attached hydrogens (tertiary/aromatic N) is 1. The van der Waals surface area contributed by atoms with Crippen molar-refractivity contribution in [2.75, 3.05) is 13.2 Å². The molecule has 106 valence electrons. The Kier molecular flexibility index (Phi) is 6.20. The van der Waals surface area contributed by atoms with E-state index < -0.39 is 10.0 Å². The summed E-state index contributed by atoms with van der Waals surface area (Å²) >= 11 is 5.71. The number of halogens is 1. The maximum atomic E-state index is 11.9. The van der Waals surface area contributed by atoms with E-state index in [0.717, 1.165) is 0 Å². The number of hydrogen-bond donors (Lipinski definition) is 1. The van der Waals surface area contributed by atoms with Gasteiger partial charge in [0.05, 0.1) is 6.61 Å². The predicted molar refractivity (Wildman–Crippen MR) is 70.3 cm³/mol. The summed E-state index contributed by atoms with van der Waals surface area (Å²) in [5, 5.41) is -0.0830. The summed E-state index contributed by atoms with van der Waals surface area (Å²) < 4.78 is 30.8. The normalized spacial score (nSPS) is 11.3. The first-order valence-corrected chi connectivity index (χ1v) is 7.59. The second-order valence-electron chi connectivity index (χ2n) is 3.60. The van der Waals surface area contributed by atoms with Gasteiger partial charge in [-0.05, 0) is 25.5 Å². The molecule has 8 heteroatoms. The van der Waals surface area contributed by atoms with Gasteiger partial charge in [-0.1, -0.05) is 11.6 Å². The number of aromatic nitrogens is 1. The van der Waals surface area contributed by atoms with E-state index in [-0.39, 0.29) is 29.0 Å². The van der Waals surface area contributed by atoms with Crippen LogP contribution in [0.25, 0.3) is 0 Å². The highest BCUT2D eigenvalue weighted by Gasteiger charge is 2.17. The number of sulfonamides is 1. The van der Waals surface area contributed by atoms with Crippen LogP contribution in [0.2, 0.25) is 5.15 Å². The second-order valence-corrected chi connectivity index (χ2v) is 5.69. The molecule has 1 heterocycles. The molecule has 1 aromatic heterocycles. The Bertz CT molecular complexity index is 533. The first-order chi connectivity index (χ1) is 8.97. The van der Waals surface area contributed by atoms with Crippen LogP contribution in [0.5, 0.6) is 0 Å². The van der Waals surface area contributed by atoms with Crippen molar-refractivity contribution >= 4 is 27.6 Å². The lowest BCUT2D eigenvalue weighted by Gasteiger charge is -2.07. The molecule has 0 unspecified atom stereocenters. The highest BCUT2D eigenvalue weighted by molar-refractivity contribution is 7.89. The van der Waals surface area contributed by atoms with Crippen molar-refractivity contribution in [3.05, 3.63) is 23.5 Å². The van der Waals surface area contributed by atoms with E-state index >= 15 is 0 Å². The quantitative estimate of drug-likeness (QED) is 0.467. The van der Waals surface area contributed by atoms with Crippen LogP contribution in [-0.4, -0.2) is 32.5 Å². The van der Waals surface area contributed by atoms with Crippen LogP contribution >= 0.6 is 11.6 Å². The minimum absolute atomic E-state index is 0.0761. The summed E-state index contributed by atoms with van der Waals surface area (Å²) in [7, 11) is -3.70. The van der Waals surface area contributed by atoms with Gasteiger partial charge < -0.3 is 4.74 Å². The van der Waals surface area contributed by atoms with Crippen LogP contribution < -0.4 is 4.72 Å². The first-order valence-electron chi connectivity index (χ1n) is 5.73. The van der Waals surface area contributed by atoms with Gasteiger partial charge in [-0.15, -0.1) is 0 Å². The molecule has 6 nitrogen and oxygen atoms in total. The lowest BCUT2D eigenvalue weighted by molar-refractivity contribution is -0.143. The molecular formula is C11H15ClN2O4S. The fourth-order valence-corrected chi connectivity index (χ4v) is 2.85. The van der Waals surface area contributed by atoms with Crippen molar-refractivity contribution in [3.63, 3.8) is 0 Å². The third-order valence-corrected chi connectivity index (χ3v) is 4.08. The van der Waals surface area contributed by atoms with Gasteiger partial charge in [-0.3, -0.25) is 4.79 Å². The molecule has 19 heavy (non-hydrogen) atoms. The Hall–Kier alpha value is -1.18. The minimum Gasteiger partial charge on any atom is -0.466 e. The van der Waals surface area contributed by atoms with Crippen LogP contribution in [0.4, 0.5) is 0 Å². The lowest BCUT2D eigenvalue weighted by Crippen LogP contribution is -2.25. The Balaban J connectivity index is 2.49. The van der Waals surface area contributed by atoms with Crippen molar-refractivity contribution in [1.29, 1.82) is 0 Å². The van der Waals surface area contributed by atoms with Crippen molar-refractivity contribution < 1.29 is 17.9 Å². The van der Waals surface area contributed by atoms with Gasteiger partial charge in [0, 0.05) is 19.2 Å². The average molecular weight is 307 g/mol. The molecule has 0 aliphatic rings. The lowest BCUT2D eigenvalue weighted by atomic mass is 10.3. The number of rotatable bonds is 7. The number of carbonyl (C=O) groups is 1. The summed E-state index contributed by atoms with van der Waals surface area (Å²) in [6.45, 7) is 2.16. The number of esters is 1. The van der Waals surface area contributed by atoms with Gasteiger partial charge in [0.15, 0.2) is 0 Å². The van der Waals surface area contributed by atoms with E-state index in [0.29, 0.717) is 13.0 Å². The molecule has 0 spiro atoms. The monoisotopic (exact) mass is 306 g/mol. The van der Waals surface area contributed by atoms with Crippen molar-refractivity contribution in [2.24, 2.45) is 0 Å². The Morgan fingerprint density at radius 1 is 1.53 bits per heavy atom. The van der Waals surface area contributed by atoms with E-state index in [1.54, 1.807) is 6.92 Å². The zero-order valence-electron chi connectivity index (χ0n) is 10.4. The molecule has 0 atom stereocenters. The maximum Gasteiger partial charge on any atom is 0.305 e. The van der Waals surface area contributed by atoms with Crippen molar-refractivity contribution in [1.82, 2.24) is 9.71 Å². The zero-order chi connectivity index (χ0) is 14.3. The minimum atomic E-state index is -3.70. The summed E-state index contributed by atoms with van der Waals surface area (Å²) in [5.41, 5.74) is 0. The summed E-state index contributed by atoms with van der Waals surface area (Å²) in [5.74, 6) is -0.346. The molecule has 0 aliphatic heterocycles. The van der Waals surface area contributed by atoms with Gasteiger partial charge in [-0.2, -0.15) is 0 Å². The fraction of sp³-hybridized carbons (Fsp3) is 0.455. The smallest absolute Gasteiger partial charge is 0.305 e. The highest BCUT2D eigenvalue weighted by Crippen LogP contribution is 2.17. The number of pyridine rings is 1. The predicted octanol–water partition coefficient (Wildman–Crippen LogP) is 1.36. The standard InChI is InChI=1S/C11H15ClN2O4S/c1-2-18-10(15)6-4-8-14-19(16,17)9-5-3-7-13-11(9)12/h3,5,7,14H,2,4,6,8H2,1H3. The van der Waals surface area contributed by atoms with Crippen LogP contribution in [0.3, 0.4) is 0 Å². The molecular weight excluding hydrogens is 292 g/mol. The van der Waals surface area contributed by atoms with E-state index in [9.17, 15) is 13.2 Å². The van der Waals surface area contributed by atoms with Crippen LogP contribution in [-0.2, 0) is 19.6 Å². The van der Waals surface area contributed by atoms with Gasteiger partial charge in [-0.25, -0.2) is 18.1 Å². The largest absolute Gasteiger partial charge is 0.466 e. The topological polar surface area (TPSA) is 85.4 Å². The molecule has 0 bridgehead atoms. The fourth-order valence-electron chi connectivity index (χ4n) is 1.32. The molecule has 0 aromatic carbocycles. The van der Waals surface area contributed by atoms with E-state index in [4.69, 9.17) is 16.3 Å². The number of carbonyl (C=O) groups excluding carboxylic acids is 1. The Morgan fingerprint density at radius 2 is 2.26 bits per heavy atom. The molecule has 0 amide bonds. The second kappa shape index (κ2) is 7.42. The highest BCUT2D eigenvalue weighted by atomic mass is 35.5. The zero-order valence-corrected chi connectivity index (χ0v) is 12.0. The third-order valence-electron chi connectivity index (χ3n) is 2.17. The van der Waals surface area contributed by atoms with Gasteiger partial charge in [0.25, 0.3) is 0 Å². The van der Waals surface area contributed by atoms with Crippen LogP contribution in [0, 0.1) is 0 Å². The maximum absolute atomic E-state index is 11.9. The van der Waals surface area contributed by atoms with Crippen LogP contribution in [0.15, 0.2) is 23.2 Å². The average Bonchev–Trinajstić information content (AvgIpc) is 2.35. The molecule has 1 rings (SSSR count). The first kappa shape index (κ1) is 15.9. The Labute approximate surface area is 117 Å². The molecule has 0 radical (unpaired) electrons. The van der Waals surface area contributed by atoms with Crippen molar-refractivity contribution in [3.8, 4) is 0 Å². The molecule has 0 fully saturated rings. The Morgan fingerprint density at radius 3 is 2.89 bits per heavy atom. The van der Waals surface area contributed by atoms with Gasteiger partial charge in [0.1, 0.15) is 10.0 Å². The molecule has 0 saturated carbocycles. The molecule has 0 saturated heterocycles. The van der Waals surface area contributed by atoms with E-state index in [2.05, 4.69) is 9.71 Å². The number of ether oxygens (including phenoxy) is 1. The number of hydrogen-bond acceptors (Lipinski definition) is 5. The van der Waals surface area contributed by atoms with Crippen molar-refractivity contribution in [2.45, 2.75) is 24.7 Å². The molecule has 1 aromatic rings. The summed E-state index contributed by atoms with van der Waals surface area (Å²) in [6.07, 6.45) is 1.93. The third kappa shape index (κ3) is 5.14. The van der Waals surface area contributed by atoms with Gasteiger partial charge in [0.2, 0.25) is 10.0 Å². The van der Waals surface area contributed by atoms with Gasteiger partial charge >= 0.3 is 5.97 Å². The summed E-state index contributed by atoms with van der Waals surface area (Å²) in [6, 6.07) is 2.85. The van der Waals surface area contributed by atoms with E-state index in [1.807, 2.05) is 0 Å². The number of nitrogens with one attached hydrogen (secondary N) is 1. The SMILES string of the molecule is CCOC(=O)CCCNS(=O)(=O)c1cccnc1Cl. The van der Waals surface area contributed by atoms with E-state index in [1.165, 1.54) is 18.3 Å². The summed E-state index contributed by atoms with van der Waals surface area (Å²) in [4.78, 5) is 14.7. The molecule has 1 N–H and O–H groups in total. The van der Waals surface area contributed by atoms with Crippen LogP contribution in [0.1, 0.15) is 19.8 Å².